The Morgan fingerprint density at radius 3 is 0.885 bits per heavy atom. The van der Waals surface area contributed by atoms with Gasteiger partial charge in [-0.3, -0.25) is 0 Å². The van der Waals surface area contributed by atoms with E-state index in [2.05, 4.69) is 31.9 Å². The Kier molecular flexibility index (Phi) is 11.7. The Morgan fingerprint density at radius 2 is 0.615 bits per heavy atom. The minimum absolute atomic E-state index is 0.796. The van der Waals surface area contributed by atoms with Crippen molar-refractivity contribution in [2.45, 2.75) is 17.1 Å². The third kappa shape index (κ3) is 8.06. The summed E-state index contributed by atoms with van der Waals surface area (Å²) in [6, 6.07) is 59.6. The number of hydrogen-bond donors (Lipinski definition) is 6. The van der Waals surface area contributed by atoms with Crippen molar-refractivity contribution in [3.8, 4) is 0 Å². The molecule has 6 aromatic rings. The number of hydrogen-bond acceptors (Lipinski definition) is 9. The van der Waals surface area contributed by atoms with Gasteiger partial charge in [0.2, 0.25) is 11.1 Å². The maximum absolute atomic E-state index is 6.56. The van der Waals surface area contributed by atoms with E-state index in [4.69, 9.17) is 13.3 Å². The van der Waals surface area contributed by atoms with E-state index in [9.17, 15) is 0 Å². The molecule has 1 unspecified atom stereocenters. The first-order valence-corrected chi connectivity index (χ1v) is 18.9. The topological polar surface area (TPSA) is 99.9 Å². The van der Waals surface area contributed by atoms with Crippen molar-refractivity contribution in [3.05, 3.63) is 182 Å². The minimum atomic E-state index is -3.95. The van der Waals surface area contributed by atoms with Crippen molar-refractivity contribution in [1.82, 2.24) is 0 Å². The average Bonchev–Trinajstić information content (AvgIpc) is 3.20. The van der Waals surface area contributed by atoms with E-state index in [1.807, 2.05) is 182 Å². The largest absolute Gasteiger partial charge is 0.551 e. The standard InChI is InChI=1S/C42H46N6O3Si/c1-49-52(50-2,51-3)42(47-38-30-18-8-19-31-38,48-39-32-20-9-21-33-39)40(43-34-22-10-4-11-23-34)41(44-35-24-12-5-13-25-35,45-36-26-14-6-15-27-36)46-37-28-16-7-17-29-37/h4-33,40,43-48H,1-3H3. The fourth-order valence-corrected chi connectivity index (χ4v) is 9.24. The third-order valence-corrected chi connectivity index (χ3v) is 11.9. The van der Waals surface area contributed by atoms with E-state index >= 15 is 0 Å². The summed E-state index contributed by atoms with van der Waals surface area (Å²) in [6.45, 7) is 0. The molecule has 0 radical (unpaired) electrons. The van der Waals surface area contributed by atoms with E-state index in [-0.39, 0.29) is 0 Å². The molecule has 266 valence electrons. The van der Waals surface area contributed by atoms with Crippen molar-refractivity contribution in [2.24, 2.45) is 0 Å². The SMILES string of the molecule is CO[Si](OC)(OC)C(Nc1ccccc1)(Nc1ccccc1)C(Nc1ccccc1)C(Nc1ccccc1)(Nc1ccccc1)Nc1ccccc1. The lowest BCUT2D eigenvalue weighted by atomic mass is 10.00. The van der Waals surface area contributed by atoms with E-state index < -0.39 is 25.9 Å². The van der Waals surface area contributed by atoms with Gasteiger partial charge in [0.1, 0.15) is 6.04 Å². The Labute approximate surface area is 307 Å². The Morgan fingerprint density at radius 1 is 0.365 bits per heavy atom. The van der Waals surface area contributed by atoms with Crippen LogP contribution in [0.1, 0.15) is 0 Å². The zero-order valence-electron chi connectivity index (χ0n) is 29.6. The van der Waals surface area contributed by atoms with Gasteiger partial charge in [0, 0.05) is 55.5 Å². The number of anilines is 6. The van der Waals surface area contributed by atoms with Crippen molar-refractivity contribution < 1.29 is 13.3 Å². The molecule has 0 bridgehead atoms. The molecule has 0 aliphatic rings. The van der Waals surface area contributed by atoms with Crippen LogP contribution in [0.3, 0.4) is 0 Å². The van der Waals surface area contributed by atoms with Gasteiger partial charge in [-0.15, -0.1) is 0 Å². The summed E-state index contributed by atoms with van der Waals surface area (Å²) in [7, 11) is 0.954. The zero-order valence-corrected chi connectivity index (χ0v) is 30.6. The van der Waals surface area contributed by atoms with Gasteiger partial charge < -0.3 is 45.2 Å². The fraction of sp³-hybridized carbons (Fsp3) is 0.143. The molecule has 6 N–H and O–H groups in total. The van der Waals surface area contributed by atoms with Gasteiger partial charge in [-0.05, 0) is 72.8 Å². The summed E-state index contributed by atoms with van der Waals surface area (Å²) in [5.74, 6) is -1.31. The van der Waals surface area contributed by atoms with Crippen LogP contribution in [0.4, 0.5) is 34.1 Å². The van der Waals surface area contributed by atoms with E-state index in [1.165, 1.54) is 0 Å². The molecule has 0 heterocycles. The molecule has 0 aliphatic carbocycles. The van der Waals surface area contributed by atoms with Crippen molar-refractivity contribution >= 4 is 42.9 Å². The van der Waals surface area contributed by atoms with Gasteiger partial charge >= 0.3 is 8.80 Å². The predicted octanol–water partition coefficient (Wildman–Crippen LogP) is 8.80. The van der Waals surface area contributed by atoms with Crippen LogP contribution in [0.5, 0.6) is 0 Å². The Bertz CT molecular complexity index is 1760. The number of nitrogens with one attached hydrogen (secondary N) is 6. The highest BCUT2D eigenvalue weighted by Gasteiger charge is 2.70. The van der Waals surface area contributed by atoms with E-state index in [0.717, 1.165) is 34.1 Å². The first kappa shape index (κ1) is 36.0. The summed E-state index contributed by atoms with van der Waals surface area (Å²) < 4.78 is 19.7. The fourth-order valence-electron chi connectivity index (χ4n) is 6.54. The number of rotatable bonds is 18. The van der Waals surface area contributed by atoms with Crippen LogP contribution >= 0.6 is 0 Å². The number of benzene rings is 6. The van der Waals surface area contributed by atoms with Crippen LogP contribution in [-0.4, -0.2) is 47.2 Å². The molecule has 6 rings (SSSR count). The second-order valence-corrected chi connectivity index (χ2v) is 15.3. The minimum Gasteiger partial charge on any atom is -0.374 e. The van der Waals surface area contributed by atoms with Crippen LogP contribution < -0.4 is 31.9 Å². The van der Waals surface area contributed by atoms with Crippen molar-refractivity contribution in [1.29, 1.82) is 0 Å². The van der Waals surface area contributed by atoms with Gasteiger partial charge in [-0.1, -0.05) is 109 Å². The van der Waals surface area contributed by atoms with Gasteiger partial charge in [0.05, 0.1) is 0 Å². The first-order chi connectivity index (χ1) is 25.5. The number of para-hydroxylation sites is 6. The third-order valence-electron chi connectivity index (χ3n) is 8.82. The molecule has 0 spiro atoms. The quantitative estimate of drug-likeness (QED) is 0.0386. The lowest BCUT2D eigenvalue weighted by molar-refractivity contribution is 0.0931. The van der Waals surface area contributed by atoms with Gasteiger partial charge in [-0.2, -0.15) is 0 Å². The summed E-state index contributed by atoms with van der Waals surface area (Å²) in [5.41, 5.74) is 5.01. The van der Waals surface area contributed by atoms with E-state index in [0.29, 0.717) is 0 Å². The van der Waals surface area contributed by atoms with Gasteiger partial charge in [0.25, 0.3) is 0 Å². The molecule has 0 fully saturated rings. The molecule has 9 nitrogen and oxygen atoms in total. The normalized spacial score (nSPS) is 12.3. The molecule has 0 saturated carbocycles. The monoisotopic (exact) mass is 710 g/mol. The van der Waals surface area contributed by atoms with Gasteiger partial charge in [-0.25, -0.2) is 0 Å². The molecular weight excluding hydrogens is 665 g/mol. The molecule has 0 aromatic heterocycles. The molecule has 1 atom stereocenters. The lowest BCUT2D eigenvalue weighted by Gasteiger charge is -2.56. The smallest absolute Gasteiger partial charge is 0.374 e. The molecule has 0 aliphatic heterocycles. The maximum atomic E-state index is 6.56. The molecule has 52 heavy (non-hydrogen) atoms. The average molecular weight is 711 g/mol. The van der Waals surface area contributed by atoms with Crippen LogP contribution in [0.25, 0.3) is 0 Å². The lowest BCUT2D eigenvalue weighted by Crippen LogP contribution is -2.84. The van der Waals surface area contributed by atoms with Gasteiger partial charge in [0.15, 0.2) is 0 Å². The van der Waals surface area contributed by atoms with Crippen LogP contribution in [0.15, 0.2) is 182 Å². The highest BCUT2D eigenvalue weighted by molar-refractivity contribution is 6.66. The van der Waals surface area contributed by atoms with E-state index in [1.54, 1.807) is 21.3 Å². The summed E-state index contributed by atoms with van der Waals surface area (Å²) in [5, 5.41) is 22.1. The molecular formula is C42H46N6O3Si. The second-order valence-electron chi connectivity index (χ2n) is 12.2. The molecule has 10 heteroatoms. The predicted molar refractivity (Wildman–Crippen MR) is 216 cm³/mol. The Balaban J connectivity index is 1.74. The highest BCUT2D eigenvalue weighted by Crippen LogP contribution is 2.40. The van der Waals surface area contributed by atoms with Crippen molar-refractivity contribution in [3.63, 3.8) is 0 Å². The van der Waals surface area contributed by atoms with Crippen LogP contribution in [0, 0.1) is 0 Å². The molecule has 6 aromatic carbocycles. The zero-order chi connectivity index (χ0) is 36.1. The van der Waals surface area contributed by atoms with Crippen LogP contribution in [0.2, 0.25) is 0 Å². The Hall–Kier alpha value is -5.78. The first-order valence-electron chi connectivity index (χ1n) is 17.2. The summed E-state index contributed by atoms with van der Waals surface area (Å²) in [6.07, 6.45) is 0. The molecule has 0 amide bonds. The van der Waals surface area contributed by atoms with Crippen LogP contribution in [-0.2, 0) is 13.3 Å². The summed E-state index contributed by atoms with van der Waals surface area (Å²) in [4.78, 5) is 0. The van der Waals surface area contributed by atoms with Crippen molar-refractivity contribution in [2.75, 3.05) is 53.2 Å². The maximum Gasteiger partial charge on any atom is 0.551 e. The summed E-state index contributed by atoms with van der Waals surface area (Å²) >= 11 is 0. The molecule has 0 saturated heterocycles. The highest BCUT2D eigenvalue weighted by atomic mass is 28.4. The second kappa shape index (κ2) is 17.0.